The molecule has 0 spiro atoms. The van der Waals surface area contributed by atoms with Crippen molar-refractivity contribution in [1.82, 2.24) is 24.8 Å². The van der Waals surface area contributed by atoms with Gasteiger partial charge in [-0.2, -0.15) is 9.97 Å². The molecule has 4 aliphatic rings. The summed E-state index contributed by atoms with van der Waals surface area (Å²) in [6.07, 6.45) is 5.08. The van der Waals surface area contributed by atoms with E-state index in [4.69, 9.17) is 21.3 Å². The molecule has 4 aromatic rings. The normalized spacial score (nSPS) is 25.9. The fourth-order valence-electron chi connectivity index (χ4n) is 7.93. The van der Waals surface area contributed by atoms with Crippen LogP contribution in [0.2, 0.25) is 5.02 Å². The van der Waals surface area contributed by atoms with Gasteiger partial charge in [0.2, 0.25) is 0 Å². The molecule has 1 amide bonds. The maximum Gasteiger partial charge on any atom is 0.319 e. The number of benzene rings is 2. The monoisotopic (exact) mass is 634 g/mol. The van der Waals surface area contributed by atoms with E-state index >= 15 is 4.39 Å². The minimum atomic E-state index is -0.988. The number of carbonyl (C=O) groups excluding carboxylic acids is 1. The van der Waals surface area contributed by atoms with Crippen LogP contribution in [0.1, 0.15) is 25.7 Å². The van der Waals surface area contributed by atoms with Crippen LogP contribution in [0.3, 0.4) is 0 Å². The number of nitrogens with zero attached hydrogens (tertiary/aromatic N) is 6. The van der Waals surface area contributed by atoms with E-state index in [0.717, 1.165) is 24.8 Å². The highest BCUT2D eigenvalue weighted by Gasteiger charge is 2.51. The van der Waals surface area contributed by atoms with Gasteiger partial charge in [0, 0.05) is 70.8 Å². The zero-order valence-electron chi connectivity index (χ0n) is 24.4. The molecule has 12 heteroatoms. The summed E-state index contributed by atoms with van der Waals surface area (Å²) in [5.74, 6) is -1.80. The molecule has 4 aliphatic heterocycles. The SMILES string of the molecule is C=C(F)C(=O)N1CC[C@@H]2[C@H]1CN2c1nc(OC[C@@]23CCCN2C[C@H](F)C3)nc2c(F)c(-c3cncc4cccc(Cl)c34)ccc12. The van der Waals surface area contributed by atoms with Gasteiger partial charge in [-0.25, -0.2) is 13.2 Å². The predicted octanol–water partition coefficient (Wildman–Crippen LogP) is 5.87. The fourth-order valence-corrected chi connectivity index (χ4v) is 8.21. The van der Waals surface area contributed by atoms with Crippen LogP contribution in [0.15, 0.2) is 55.1 Å². The third kappa shape index (κ3) is 4.46. The zero-order chi connectivity index (χ0) is 31.0. The average Bonchev–Trinajstić information content (AvgIpc) is 3.65. The Hall–Kier alpha value is -3.96. The lowest BCUT2D eigenvalue weighted by Gasteiger charge is -2.47. The predicted molar refractivity (Wildman–Crippen MR) is 165 cm³/mol. The summed E-state index contributed by atoms with van der Waals surface area (Å²) in [6, 6.07) is 8.55. The third-order valence-corrected chi connectivity index (χ3v) is 10.4. The number of pyridine rings is 1. The molecule has 4 fully saturated rings. The van der Waals surface area contributed by atoms with Gasteiger partial charge in [0.1, 0.15) is 24.1 Å². The molecule has 0 saturated carbocycles. The quantitative estimate of drug-likeness (QED) is 0.246. The largest absolute Gasteiger partial charge is 0.461 e. The molecule has 0 unspecified atom stereocenters. The van der Waals surface area contributed by atoms with Crippen LogP contribution in [0, 0.1) is 5.82 Å². The van der Waals surface area contributed by atoms with Gasteiger partial charge in [-0.05, 0) is 37.9 Å². The highest BCUT2D eigenvalue weighted by Crippen LogP contribution is 2.44. The lowest BCUT2D eigenvalue weighted by atomic mass is 9.95. The Morgan fingerprint density at radius 1 is 1.11 bits per heavy atom. The number of amides is 1. The number of carbonyl (C=O) groups is 1. The fraction of sp³-hybridized carbons (Fsp3) is 0.394. The Kier molecular flexibility index (Phi) is 6.69. The van der Waals surface area contributed by atoms with E-state index in [-0.39, 0.29) is 35.8 Å². The number of ether oxygens (including phenoxy) is 1. The number of aromatic nitrogens is 3. The maximum absolute atomic E-state index is 16.7. The summed E-state index contributed by atoms with van der Waals surface area (Å²) in [4.78, 5) is 31.7. The first-order chi connectivity index (χ1) is 21.7. The van der Waals surface area contributed by atoms with Crippen molar-refractivity contribution >= 4 is 45.0 Å². The second-order valence-corrected chi connectivity index (χ2v) is 12.9. The van der Waals surface area contributed by atoms with E-state index in [2.05, 4.69) is 21.4 Å². The number of hydrogen-bond acceptors (Lipinski definition) is 7. The molecule has 2 aromatic heterocycles. The highest BCUT2D eigenvalue weighted by molar-refractivity contribution is 6.36. The zero-order valence-corrected chi connectivity index (χ0v) is 25.1. The van der Waals surface area contributed by atoms with Crippen molar-refractivity contribution in [3.8, 4) is 17.1 Å². The van der Waals surface area contributed by atoms with Crippen LogP contribution >= 0.6 is 11.6 Å². The van der Waals surface area contributed by atoms with Crippen LogP contribution in [0.5, 0.6) is 6.01 Å². The molecule has 45 heavy (non-hydrogen) atoms. The van der Waals surface area contributed by atoms with Crippen LogP contribution in [0.25, 0.3) is 32.8 Å². The van der Waals surface area contributed by atoms with Crippen molar-refractivity contribution in [2.45, 2.75) is 49.5 Å². The van der Waals surface area contributed by atoms with Crippen molar-refractivity contribution in [3.63, 3.8) is 0 Å². The first-order valence-electron chi connectivity index (χ1n) is 15.2. The molecule has 4 atom stereocenters. The van der Waals surface area contributed by atoms with Crippen LogP contribution in [-0.2, 0) is 4.79 Å². The number of hydrogen-bond donors (Lipinski definition) is 0. The Labute approximate surface area is 262 Å². The Balaban J connectivity index is 1.21. The molecular weight excluding hydrogens is 605 g/mol. The Morgan fingerprint density at radius 3 is 2.82 bits per heavy atom. The molecule has 0 N–H and O–H groups in total. The van der Waals surface area contributed by atoms with Gasteiger partial charge in [-0.15, -0.1) is 0 Å². The molecule has 0 bridgehead atoms. The minimum absolute atomic E-state index is 0.00215. The Bertz CT molecular complexity index is 1890. The molecule has 6 heterocycles. The molecular formula is C33H30ClF3N6O2. The summed E-state index contributed by atoms with van der Waals surface area (Å²) in [6.45, 7) is 5.33. The molecule has 4 saturated heterocycles. The maximum atomic E-state index is 16.7. The highest BCUT2D eigenvalue weighted by atomic mass is 35.5. The van der Waals surface area contributed by atoms with Gasteiger partial charge in [0.15, 0.2) is 11.6 Å². The minimum Gasteiger partial charge on any atom is -0.461 e. The van der Waals surface area contributed by atoms with Gasteiger partial charge in [-0.1, -0.05) is 36.4 Å². The number of likely N-dealkylation sites (tertiary alicyclic amines) is 1. The topological polar surface area (TPSA) is 74.7 Å². The molecule has 0 aliphatic carbocycles. The van der Waals surface area contributed by atoms with Gasteiger partial charge in [-0.3, -0.25) is 14.7 Å². The third-order valence-electron chi connectivity index (χ3n) is 10.1. The summed E-state index contributed by atoms with van der Waals surface area (Å²) < 4.78 is 51.1. The van der Waals surface area contributed by atoms with Crippen molar-refractivity contribution in [2.75, 3.05) is 37.7 Å². The van der Waals surface area contributed by atoms with Crippen molar-refractivity contribution in [2.24, 2.45) is 0 Å². The molecule has 8 nitrogen and oxygen atoms in total. The van der Waals surface area contributed by atoms with E-state index in [1.807, 2.05) is 17.0 Å². The summed E-state index contributed by atoms with van der Waals surface area (Å²) in [7, 11) is 0. The smallest absolute Gasteiger partial charge is 0.319 e. The molecule has 0 radical (unpaired) electrons. The van der Waals surface area contributed by atoms with Crippen LogP contribution < -0.4 is 9.64 Å². The van der Waals surface area contributed by atoms with Gasteiger partial charge in [0.05, 0.1) is 17.6 Å². The first-order valence-corrected chi connectivity index (χ1v) is 15.6. The molecule has 2 aromatic carbocycles. The van der Waals surface area contributed by atoms with Crippen molar-refractivity contribution in [1.29, 1.82) is 0 Å². The van der Waals surface area contributed by atoms with Crippen LogP contribution in [0.4, 0.5) is 19.0 Å². The van der Waals surface area contributed by atoms with E-state index < -0.39 is 29.3 Å². The van der Waals surface area contributed by atoms with Crippen LogP contribution in [-0.4, -0.2) is 87.2 Å². The van der Waals surface area contributed by atoms with Crippen molar-refractivity contribution in [3.05, 3.63) is 66.0 Å². The second kappa shape index (κ2) is 10.6. The van der Waals surface area contributed by atoms with E-state index in [1.165, 1.54) is 4.90 Å². The average molecular weight is 635 g/mol. The molecule has 8 rings (SSSR count). The lowest BCUT2D eigenvalue weighted by Crippen LogP contribution is -2.63. The van der Waals surface area contributed by atoms with Crippen molar-refractivity contribution < 1.29 is 22.7 Å². The van der Waals surface area contributed by atoms with Gasteiger partial charge in [0.25, 0.3) is 5.91 Å². The lowest BCUT2D eigenvalue weighted by molar-refractivity contribution is -0.130. The number of fused-ring (bicyclic) bond motifs is 4. The Morgan fingerprint density at radius 2 is 1.98 bits per heavy atom. The van der Waals surface area contributed by atoms with Gasteiger partial charge >= 0.3 is 6.01 Å². The number of alkyl halides is 1. The van der Waals surface area contributed by atoms with Gasteiger partial charge < -0.3 is 14.5 Å². The summed E-state index contributed by atoms with van der Waals surface area (Å²) in [5, 5.41) is 2.41. The van der Waals surface area contributed by atoms with E-state index in [1.54, 1.807) is 30.6 Å². The van der Waals surface area contributed by atoms with E-state index in [9.17, 15) is 13.6 Å². The molecule has 232 valence electrons. The number of anilines is 1. The van der Waals surface area contributed by atoms with E-state index in [0.29, 0.717) is 59.7 Å². The summed E-state index contributed by atoms with van der Waals surface area (Å²) in [5.41, 5.74) is 0.438. The number of rotatable bonds is 6. The number of halogens is 4. The standard InChI is InChI=1S/C33H30ClF3N6O2/c1-18(35)31(44)42-11-8-25-26(42)16-43(25)30-22-7-6-21(23-14-38-13-19-4-2-5-24(34)27(19)23)28(37)29(22)39-32(40-30)45-17-33-9-3-10-41(33)15-20(36)12-33/h2,4-7,13-14,20,25-26H,1,3,8-12,15-17H2/t20-,25-,26-,33+/m1/s1. The second-order valence-electron chi connectivity index (χ2n) is 12.5. The first kappa shape index (κ1) is 28.5. The summed E-state index contributed by atoms with van der Waals surface area (Å²) >= 11 is 6.57.